The number of unbranched alkanes of at least 4 members (excludes halogenated alkanes) is 3. The molecule has 1 amide bonds. The zero-order valence-electron chi connectivity index (χ0n) is 11.9. The van der Waals surface area contributed by atoms with Crippen molar-refractivity contribution in [2.24, 2.45) is 4.99 Å². The molecule has 0 heterocycles. The molecule has 0 atom stereocenters. The first-order valence-corrected chi connectivity index (χ1v) is 5.87. The summed E-state index contributed by atoms with van der Waals surface area (Å²) in [5.41, 5.74) is 0. The van der Waals surface area contributed by atoms with Crippen molar-refractivity contribution in [3.8, 4) is 0 Å². The van der Waals surface area contributed by atoms with Gasteiger partial charge in [-0.1, -0.05) is 80.1 Å². The molecule has 17 heavy (non-hydrogen) atoms. The summed E-state index contributed by atoms with van der Waals surface area (Å²) in [5, 5.41) is 0. The van der Waals surface area contributed by atoms with Crippen molar-refractivity contribution in [2.75, 3.05) is 0 Å². The molecular formula is C14H29NOSn. The van der Waals surface area contributed by atoms with Crippen molar-refractivity contribution >= 4 is 37.0 Å². The van der Waals surface area contributed by atoms with Gasteiger partial charge in [0.15, 0.2) is 0 Å². The van der Waals surface area contributed by atoms with Gasteiger partial charge in [-0.05, 0) is 6.72 Å². The Balaban J connectivity index is -0.0000000369. The maximum Gasteiger partial charge on any atom is 0.336 e. The number of amides is 1. The molecule has 0 saturated carbocycles. The molecule has 0 aromatic carbocycles. The summed E-state index contributed by atoms with van der Waals surface area (Å²) >= 11 is 0. The zero-order chi connectivity index (χ0) is 13.7. The van der Waals surface area contributed by atoms with Crippen LogP contribution in [0.25, 0.3) is 0 Å². The van der Waals surface area contributed by atoms with Crippen molar-refractivity contribution in [3.05, 3.63) is 20.8 Å². The number of carbonyl (C=O) groups excluding carboxylic acids is 1. The van der Waals surface area contributed by atoms with Crippen molar-refractivity contribution in [1.82, 2.24) is 0 Å². The number of aliphatic imine (C=N–C) groups is 1. The fraction of sp³-hybridized carbons (Fsp3) is 0.643. The van der Waals surface area contributed by atoms with Gasteiger partial charge in [0.1, 0.15) is 0 Å². The van der Waals surface area contributed by atoms with Crippen LogP contribution in [0.5, 0.6) is 0 Å². The molecule has 0 aliphatic heterocycles. The second-order valence-electron chi connectivity index (χ2n) is 2.81. The van der Waals surface area contributed by atoms with Crippen molar-refractivity contribution in [2.45, 2.75) is 59.3 Å². The van der Waals surface area contributed by atoms with Gasteiger partial charge in [-0.15, -0.1) is 0 Å². The fourth-order valence-corrected chi connectivity index (χ4v) is 0. The largest absolute Gasteiger partial charge is 0.336 e. The number of hydrogen-bond donors (Lipinski definition) is 0. The minimum atomic E-state index is 0. The number of rotatable bonds is 4. The predicted molar refractivity (Wildman–Crippen MR) is 81.8 cm³/mol. The predicted octanol–water partition coefficient (Wildman–Crippen LogP) is 4.24. The van der Waals surface area contributed by atoms with Gasteiger partial charge < -0.3 is 0 Å². The Morgan fingerprint density at radius 1 is 0.882 bits per heavy atom. The molecule has 0 rings (SSSR count). The summed E-state index contributed by atoms with van der Waals surface area (Å²) in [6.07, 6.45) is 8.03. The Bertz CT molecular complexity index is 76.7. The van der Waals surface area contributed by atoms with Gasteiger partial charge in [0.05, 0.1) is 0 Å². The smallest absolute Gasteiger partial charge is 0.261 e. The van der Waals surface area contributed by atoms with Gasteiger partial charge >= 0.3 is 6.41 Å². The summed E-state index contributed by atoms with van der Waals surface area (Å²) < 4.78 is 0. The Morgan fingerprint density at radius 3 is 1.00 bits per heavy atom. The van der Waals surface area contributed by atoms with Crippen LogP contribution in [0.4, 0.5) is 0 Å². The summed E-state index contributed by atoms with van der Waals surface area (Å²) in [7, 11) is 0. The Labute approximate surface area is 127 Å². The molecule has 2 nitrogen and oxygen atoms in total. The van der Waals surface area contributed by atoms with Crippen LogP contribution in [0.2, 0.25) is 0 Å². The molecule has 0 aliphatic rings. The van der Waals surface area contributed by atoms with E-state index in [1.54, 1.807) is 0 Å². The normalized spacial score (nSPS) is 6.47. The van der Waals surface area contributed by atoms with Gasteiger partial charge in [-0.2, -0.15) is 0 Å². The summed E-state index contributed by atoms with van der Waals surface area (Å²) in [5.74, 6) is 0. The van der Waals surface area contributed by atoms with Crippen LogP contribution in [0, 0.1) is 20.8 Å². The maximum absolute atomic E-state index is 8.82. The quantitative estimate of drug-likeness (QED) is 0.553. The minimum Gasteiger partial charge on any atom is -0.261 e. The Morgan fingerprint density at radius 2 is 1.00 bits per heavy atom. The summed E-state index contributed by atoms with van der Waals surface area (Å²) in [6, 6.07) is 0. The summed E-state index contributed by atoms with van der Waals surface area (Å²) in [4.78, 5) is 11.5. The van der Waals surface area contributed by atoms with Gasteiger partial charge in [0.25, 0.3) is 0 Å². The molecular weight excluding hydrogens is 317 g/mol. The van der Waals surface area contributed by atoms with Crippen molar-refractivity contribution < 1.29 is 4.79 Å². The molecule has 8 radical (unpaired) electrons. The van der Waals surface area contributed by atoms with E-state index >= 15 is 0 Å². The third-order valence-corrected chi connectivity index (χ3v) is 1.13. The van der Waals surface area contributed by atoms with E-state index in [4.69, 9.17) is 4.79 Å². The molecule has 3 heteroatoms. The van der Waals surface area contributed by atoms with Gasteiger partial charge in [0, 0.05) is 23.9 Å². The first kappa shape index (κ1) is 30.3. The van der Waals surface area contributed by atoms with Crippen LogP contribution in [0.3, 0.4) is 0 Å². The van der Waals surface area contributed by atoms with Gasteiger partial charge in [-0.3, -0.25) is 4.79 Å². The SMILES string of the molecule is C=N[C]=O.[CH2]CCC.[CH2]CCC.[CH2]CCC.[Sn]. The molecule has 0 unspecified atom stereocenters. The monoisotopic (exact) mass is 347 g/mol. The molecule has 0 bridgehead atoms. The molecule has 0 aliphatic carbocycles. The average Bonchev–Trinajstić information content (AvgIpc) is 2.39. The van der Waals surface area contributed by atoms with Gasteiger partial charge in [0.2, 0.25) is 0 Å². The zero-order valence-corrected chi connectivity index (χ0v) is 14.8. The molecule has 0 N–H and O–H groups in total. The maximum atomic E-state index is 8.82. The molecule has 0 fully saturated rings. The van der Waals surface area contributed by atoms with Crippen LogP contribution in [0.1, 0.15) is 59.3 Å². The second-order valence-corrected chi connectivity index (χ2v) is 2.81. The van der Waals surface area contributed by atoms with Crippen LogP contribution in [-0.4, -0.2) is 37.0 Å². The molecule has 0 spiro atoms. The van der Waals surface area contributed by atoms with E-state index in [2.05, 4.69) is 53.3 Å². The molecule has 100 valence electrons. The average molecular weight is 346 g/mol. The van der Waals surface area contributed by atoms with Crippen LogP contribution in [-0.2, 0) is 4.79 Å². The molecule has 0 saturated heterocycles. The Hall–Kier alpha value is 0.139. The van der Waals surface area contributed by atoms with Crippen LogP contribution in [0.15, 0.2) is 4.99 Å². The third kappa shape index (κ3) is 188. The standard InChI is InChI=1S/3C4H9.C2H2NO.Sn/c3*1-3-4-2;1-3-2-4;/h3*1,3-4H2,2H3;1H2;. The minimum absolute atomic E-state index is 0. The van der Waals surface area contributed by atoms with E-state index in [1.807, 2.05) is 0 Å². The van der Waals surface area contributed by atoms with Crippen molar-refractivity contribution in [1.29, 1.82) is 0 Å². The fourth-order valence-electron chi connectivity index (χ4n) is 0. The van der Waals surface area contributed by atoms with Crippen LogP contribution < -0.4 is 0 Å². The number of hydrogen-bond acceptors (Lipinski definition) is 1. The first-order chi connectivity index (χ1) is 7.66. The van der Waals surface area contributed by atoms with E-state index in [1.165, 1.54) is 25.7 Å². The third-order valence-electron chi connectivity index (χ3n) is 1.13. The van der Waals surface area contributed by atoms with E-state index in [0.29, 0.717) is 0 Å². The van der Waals surface area contributed by atoms with E-state index in [9.17, 15) is 0 Å². The second kappa shape index (κ2) is 55.8. The van der Waals surface area contributed by atoms with Crippen LogP contribution >= 0.6 is 0 Å². The first-order valence-electron chi connectivity index (χ1n) is 5.87. The van der Waals surface area contributed by atoms with E-state index in [0.717, 1.165) is 19.3 Å². The topological polar surface area (TPSA) is 29.4 Å². The Kier molecular flexibility index (Phi) is 99.5. The van der Waals surface area contributed by atoms with Gasteiger partial charge in [-0.25, -0.2) is 4.99 Å². The van der Waals surface area contributed by atoms with E-state index < -0.39 is 0 Å². The van der Waals surface area contributed by atoms with E-state index in [-0.39, 0.29) is 23.9 Å². The molecule has 0 aromatic heterocycles. The summed E-state index contributed by atoms with van der Waals surface area (Å²) in [6.45, 7) is 20.0. The van der Waals surface area contributed by atoms with Crippen molar-refractivity contribution in [3.63, 3.8) is 0 Å². The number of nitrogens with zero attached hydrogens (tertiary/aromatic N) is 1. The molecule has 0 aromatic rings.